The number of piperidine rings is 1. The molecule has 2 saturated heterocycles. The molecule has 2 atom stereocenters. The van der Waals surface area contributed by atoms with Crippen molar-refractivity contribution in [2.75, 3.05) is 26.2 Å². The van der Waals surface area contributed by atoms with E-state index >= 15 is 0 Å². The zero-order valence-corrected chi connectivity index (χ0v) is 13.3. The van der Waals surface area contributed by atoms with Crippen molar-refractivity contribution in [3.63, 3.8) is 0 Å². The third-order valence-corrected chi connectivity index (χ3v) is 4.04. The summed E-state index contributed by atoms with van der Waals surface area (Å²) in [5.74, 6) is 0.202. The molecule has 0 aromatic carbocycles. The third kappa shape index (κ3) is 5.46. The lowest BCUT2D eigenvalue weighted by Crippen LogP contribution is -2.49. The Hall–Kier alpha value is -0.0300. The molecule has 0 saturated carbocycles. The van der Waals surface area contributed by atoms with Gasteiger partial charge in [0.1, 0.15) is 0 Å². The molecule has 6 heteroatoms. The zero-order chi connectivity index (χ0) is 12.1. The molecule has 2 aliphatic rings. The van der Waals surface area contributed by atoms with Crippen molar-refractivity contribution in [2.24, 2.45) is 0 Å². The number of hydrogen-bond acceptors (Lipinski definition) is 3. The number of carbonyl (C=O) groups is 1. The van der Waals surface area contributed by atoms with Crippen molar-refractivity contribution in [1.82, 2.24) is 15.5 Å². The fourth-order valence-corrected chi connectivity index (χ4v) is 2.96. The van der Waals surface area contributed by atoms with E-state index in [1.54, 1.807) is 0 Å². The average molecular weight is 312 g/mol. The Kier molecular flexibility index (Phi) is 9.79. The predicted octanol–water partition coefficient (Wildman–Crippen LogP) is 1.57. The first-order valence-corrected chi connectivity index (χ1v) is 7.06. The smallest absolute Gasteiger partial charge is 0.237 e. The average Bonchev–Trinajstić information content (AvgIpc) is 2.84. The maximum absolute atomic E-state index is 12.0. The molecule has 2 rings (SSSR count). The maximum atomic E-state index is 12.0. The highest BCUT2D eigenvalue weighted by molar-refractivity contribution is 5.85. The van der Waals surface area contributed by atoms with Crippen LogP contribution in [0.5, 0.6) is 0 Å². The van der Waals surface area contributed by atoms with Crippen LogP contribution in [0.3, 0.4) is 0 Å². The predicted molar refractivity (Wildman–Crippen MR) is 83.4 cm³/mol. The third-order valence-electron chi connectivity index (χ3n) is 4.04. The van der Waals surface area contributed by atoms with E-state index in [9.17, 15) is 4.79 Å². The molecule has 114 valence electrons. The Morgan fingerprint density at radius 1 is 1.26 bits per heavy atom. The van der Waals surface area contributed by atoms with E-state index in [4.69, 9.17) is 0 Å². The molecule has 4 nitrogen and oxygen atoms in total. The quantitative estimate of drug-likeness (QED) is 0.828. The van der Waals surface area contributed by atoms with Gasteiger partial charge in [-0.15, -0.1) is 24.8 Å². The topological polar surface area (TPSA) is 44.4 Å². The van der Waals surface area contributed by atoms with Crippen LogP contribution in [-0.4, -0.2) is 49.1 Å². The van der Waals surface area contributed by atoms with Crippen molar-refractivity contribution in [3.8, 4) is 0 Å². The largest absolute Gasteiger partial charge is 0.353 e. The number of rotatable bonds is 4. The van der Waals surface area contributed by atoms with Crippen molar-refractivity contribution in [2.45, 2.75) is 51.1 Å². The Balaban J connectivity index is 0.00000162. The minimum absolute atomic E-state index is 0. The molecular formula is C13H27Cl2N3O. The normalized spacial score (nSPS) is 27.2. The summed E-state index contributed by atoms with van der Waals surface area (Å²) in [6.07, 6.45) is 5.88. The molecule has 1 amide bonds. The molecular weight excluding hydrogens is 285 g/mol. The lowest BCUT2D eigenvalue weighted by atomic mass is 10.0. The fraction of sp³-hybridized carbons (Fsp3) is 0.923. The SMILES string of the molecule is CCN1CCCC1CNC(=O)[C@@H]1CCCCN1.Cl.Cl. The summed E-state index contributed by atoms with van der Waals surface area (Å²) in [6, 6.07) is 0.618. The van der Waals surface area contributed by atoms with Gasteiger partial charge in [0.15, 0.2) is 0 Å². The number of likely N-dealkylation sites (tertiary alicyclic amines) is 1. The van der Waals surface area contributed by atoms with Crippen LogP contribution in [0.1, 0.15) is 39.0 Å². The molecule has 19 heavy (non-hydrogen) atoms. The van der Waals surface area contributed by atoms with Gasteiger partial charge in [-0.2, -0.15) is 0 Å². The van der Waals surface area contributed by atoms with Crippen LogP contribution in [0, 0.1) is 0 Å². The maximum Gasteiger partial charge on any atom is 0.237 e. The number of carbonyl (C=O) groups excluding carboxylic acids is 1. The standard InChI is InChI=1S/C13H25N3O.2ClH/c1-2-16-9-5-6-11(16)10-15-13(17)12-7-3-4-8-14-12;;/h11-12,14H,2-10H2,1H3,(H,15,17);2*1H/t11?,12-;;/m0../s1. The molecule has 0 spiro atoms. The van der Waals surface area contributed by atoms with Gasteiger partial charge in [0.25, 0.3) is 0 Å². The molecule has 0 aliphatic carbocycles. The minimum Gasteiger partial charge on any atom is -0.353 e. The van der Waals surface area contributed by atoms with E-state index in [-0.39, 0.29) is 36.8 Å². The highest BCUT2D eigenvalue weighted by Crippen LogP contribution is 2.15. The number of hydrogen-bond donors (Lipinski definition) is 2. The van der Waals surface area contributed by atoms with E-state index in [1.807, 2.05) is 0 Å². The number of nitrogens with one attached hydrogen (secondary N) is 2. The fourth-order valence-electron chi connectivity index (χ4n) is 2.96. The molecule has 0 bridgehead atoms. The van der Waals surface area contributed by atoms with Gasteiger partial charge < -0.3 is 10.6 Å². The first kappa shape index (κ1) is 19.0. The highest BCUT2D eigenvalue weighted by atomic mass is 35.5. The van der Waals surface area contributed by atoms with E-state index in [1.165, 1.54) is 32.2 Å². The van der Waals surface area contributed by atoms with Crippen molar-refractivity contribution < 1.29 is 4.79 Å². The van der Waals surface area contributed by atoms with Gasteiger partial charge >= 0.3 is 0 Å². The summed E-state index contributed by atoms with van der Waals surface area (Å²) in [5.41, 5.74) is 0. The van der Waals surface area contributed by atoms with Crippen LogP contribution < -0.4 is 10.6 Å². The summed E-state index contributed by atoms with van der Waals surface area (Å²) in [6.45, 7) is 6.30. The summed E-state index contributed by atoms with van der Waals surface area (Å²) in [5, 5.41) is 6.41. The second kappa shape index (κ2) is 9.81. The van der Waals surface area contributed by atoms with E-state index in [0.717, 1.165) is 26.1 Å². The molecule has 2 fully saturated rings. The van der Waals surface area contributed by atoms with Crippen molar-refractivity contribution >= 4 is 30.7 Å². The summed E-state index contributed by atoms with van der Waals surface area (Å²) in [4.78, 5) is 14.4. The Morgan fingerprint density at radius 2 is 2.05 bits per heavy atom. The van der Waals surface area contributed by atoms with Gasteiger partial charge in [-0.3, -0.25) is 9.69 Å². The Labute approximate surface area is 128 Å². The lowest BCUT2D eigenvalue weighted by molar-refractivity contribution is -0.123. The van der Waals surface area contributed by atoms with Gasteiger partial charge in [0.2, 0.25) is 5.91 Å². The number of likely N-dealkylation sites (N-methyl/N-ethyl adjacent to an activating group) is 1. The van der Waals surface area contributed by atoms with Crippen LogP contribution in [0.15, 0.2) is 0 Å². The molecule has 2 N–H and O–H groups in total. The van der Waals surface area contributed by atoms with Crippen LogP contribution >= 0.6 is 24.8 Å². The van der Waals surface area contributed by atoms with Crippen molar-refractivity contribution in [1.29, 1.82) is 0 Å². The van der Waals surface area contributed by atoms with Crippen LogP contribution in [0.2, 0.25) is 0 Å². The summed E-state index contributed by atoms with van der Waals surface area (Å²) >= 11 is 0. The summed E-state index contributed by atoms with van der Waals surface area (Å²) in [7, 11) is 0. The van der Waals surface area contributed by atoms with Crippen LogP contribution in [0.4, 0.5) is 0 Å². The first-order valence-electron chi connectivity index (χ1n) is 7.06. The minimum atomic E-state index is 0. The Morgan fingerprint density at radius 3 is 2.68 bits per heavy atom. The number of nitrogens with zero attached hydrogens (tertiary/aromatic N) is 1. The van der Waals surface area contributed by atoms with Crippen LogP contribution in [-0.2, 0) is 4.79 Å². The van der Waals surface area contributed by atoms with E-state index in [2.05, 4.69) is 22.5 Å². The molecule has 0 aromatic heterocycles. The van der Waals surface area contributed by atoms with Gasteiger partial charge in [-0.1, -0.05) is 13.3 Å². The second-order valence-corrected chi connectivity index (χ2v) is 5.17. The van der Waals surface area contributed by atoms with Gasteiger partial charge in [0.05, 0.1) is 6.04 Å². The van der Waals surface area contributed by atoms with E-state index < -0.39 is 0 Å². The van der Waals surface area contributed by atoms with E-state index in [0.29, 0.717) is 6.04 Å². The van der Waals surface area contributed by atoms with Crippen LogP contribution in [0.25, 0.3) is 0 Å². The molecule has 0 radical (unpaired) electrons. The zero-order valence-electron chi connectivity index (χ0n) is 11.7. The molecule has 1 unspecified atom stereocenters. The monoisotopic (exact) mass is 311 g/mol. The highest BCUT2D eigenvalue weighted by Gasteiger charge is 2.25. The first-order chi connectivity index (χ1) is 8.31. The lowest BCUT2D eigenvalue weighted by Gasteiger charge is -2.26. The van der Waals surface area contributed by atoms with Gasteiger partial charge in [-0.05, 0) is 45.3 Å². The molecule has 0 aromatic rings. The van der Waals surface area contributed by atoms with Crippen molar-refractivity contribution in [3.05, 3.63) is 0 Å². The summed E-state index contributed by atoms with van der Waals surface area (Å²) < 4.78 is 0. The van der Waals surface area contributed by atoms with Gasteiger partial charge in [-0.25, -0.2) is 0 Å². The second-order valence-electron chi connectivity index (χ2n) is 5.17. The Bertz CT molecular complexity index is 260. The molecule has 2 heterocycles. The number of halogens is 2. The van der Waals surface area contributed by atoms with Gasteiger partial charge in [0, 0.05) is 12.6 Å². The number of amides is 1. The molecule has 2 aliphatic heterocycles.